The molecule has 1 aliphatic heterocycles. The summed E-state index contributed by atoms with van der Waals surface area (Å²) in [6.45, 7) is 3.11. The predicted molar refractivity (Wildman–Crippen MR) is 69.4 cm³/mol. The van der Waals surface area contributed by atoms with Gasteiger partial charge in [0.05, 0.1) is 19.8 Å². The Kier molecular flexibility index (Phi) is 7.22. The SMILES string of the molecule is CC(=O)O[C@@H]1[C@@H](OCCO)OC[C@@H](OC(C)=O)[C@H]1OC(C)=O. The molecule has 0 aliphatic carbocycles. The van der Waals surface area contributed by atoms with Crippen LogP contribution in [0, 0.1) is 0 Å². The molecule has 0 saturated carbocycles. The van der Waals surface area contributed by atoms with Gasteiger partial charge in [-0.1, -0.05) is 0 Å². The van der Waals surface area contributed by atoms with Crippen molar-refractivity contribution in [2.75, 3.05) is 19.8 Å². The van der Waals surface area contributed by atoms with Gasteiger partial charge in [-0.2, -0.15) is 0 Å². The van der Waals surface area contributed by atoms with E-state index in [4.69, 9.17) is 28.8 Å². The van der Waals surface area contributed by atoms with E-state index in [1.165, 1.54) is 20.8 Å². The van der Waals surface area contributed by atoms with Gasteiger partial charge in [0.15, 0.2) is 24.6 Å². The van der Waals surface area contributed by atoms with Gasteiger partial charge in [-0.15, -0.1) is 0 Å². The van der Waals surface area contributed by atoms with E-state index in [0.29, 0.717) is 0 Å². The Bertz CT molecular complexity index is 408. The zero-order chi connectivity index (χ0) is 16.7. The third-order valence-corrected chi connectivity index (χ3v) is 2.68. The molecule has 0 unspecified atom stereocenters. The lowest BCUT2D eigenvalue weighted by Gasteiger charge is -2.40. The summed E-state index contributed by atoms with van der Waals surface area (Å²) in [7, 11) is 0. The second-order valence-corrected chi connectivity index (χ2v) is 4.59. The smallest absolute Gasteiger partial charge is 0.303 e. The quantitative estimate of drug-likeness (QED) is 0.493. The molecular formula is C13H20O9. The Morgan fingerprint density at radius 3 is 2.05 bits per heavy atom. The summed E-state index contributed by atoms with van der Waals surface area (Å²) in [5, 5.41) is 8.80. The lowest BCUT2D eigenvalue weighted by Crippen LogP contribution is -2.58. The van der Waals surface area contributed by atoms with E-state index in [0.717, 1.165) is 0 Å². The second kappa shape index (κ2) is 8.66. The molecule has 0 aromatic carbocycles. The average molecular weight is 320 g/mol. The molecule has 1 rings (SSSR count). The van der Waals surface area contributed by atoms with Gasteiger partial charge in [-0.3, -0.25) is 14.4 Å². The third kappa shape index (κ3) is 5.58. The number of carbonyl (C=O) groups excluding carboxylic acids is 3. The minimum Gasteiger partial charge on any atom is -0.456 e. The van der Waals surface area contributed by atoms with Gasteiger partial charge in [-0.05, 0) is 0 Å². The Balaban J connectivity index is 2.95. The highest BCUT2D eigenvalue weighted by molar-refractivity contribution is 5.68. The summed E-state index contributed by atoms with van der Waals surface area (Å²) in [6.07, 6.45) is -4.17. The van der Waals surface area contributed by atoms with Crippen molar-refractivity contribution in [3.63, 3.8) is 0 Å². The topological polar surface area (TPSA) is 118 Å². The first kappa shape index (κ1) is 18.3. The van der Waals surface area contributed by atoms with Crippen molar-refractivity contribution >= 4 is 17.9 Å². The summed E-state index contributed by atoms with van der Waals surface area (Å²) in [6, 6.07) is 0. The van der Waals surface area contributed by atoms with Crippen molar-refractivity contribution in [2.45, 2.75) is 45.4 Å². The maximum Gasteiger partial charge on any atom is 0.303 e. The maximum absolute atomic E-state index is 11.3. The molecule has 0 aromatic rings. The van der Waals surface area contributed by atoms with Crippen molar-refractivity contribution in [1.82, 2.24) is 0 Å². The molecule has 1 N–H and O–H groups in total. The number of carbonyl (C=O) groups is 3. The molecule has 9 nitrogen and oxygen atoms in total. The van der Waals surface area contributed by atoms with Gasteiger partial charge >= 0.3 is 17.9 Å². The number of hydrogen-bond donors (Lipinski definition) is 1. The van der Waals surface area contributed by atoms with Crippen molar-refractivity contribution < 1.29 is 43.2 Å². The van der Waals surface area contributed by atoms with Crippen molar-refractivity contribution in [2.24, 2.45) is 0 Å². The van der Waals surface area contributed by atoms with Gasteiger partial charge < -0.3 is 28.8 Å². The van der Waals surface area contributed by atoms with Gasteiger partial charge in [0.1, 0.15) is 0 Å². The van der Waals surface area contributed by atoms with E-state index in [-0.39, 0.29) is 19.8 Å². The summed E-state index contributed by atoms with van der Waals surface area (Å²) in [4.78, 5) is 33.7. The van der Waals surface area contributed by atoms with Crippen LogP contribution in [0.1, 0.15) is 20.8 Å². The van der Waals surface area contributed by atoms with Gasteiger partial charge in [0.25, 0.3) is 0 Å². The van der Waals surface area contributed by atoms with E-state index < -0.39 is 42.5 Å². The molecule has 9 heteroatoms. The van der Waals surface area contributed by atoms with Crippen LogP contribution in [-0.2, 0) is 38.1 Å². The number of aliphatic hydroxyl groups excluding tert-OH is 1. The molecule has 0 spiro atoms. The molecule has 4 atom stereocenters. The highest BCUT2D eigenvalue weighted by Gasteiger charge is 2.47. The fraction of sp³-hybridized carbons (Fsp3) is 0.769. The van der Waals surface area contributed by atoms with Crippen LogP contribution in [0.5, 0.6) is 0 Å². The van der Waals surface area contributed by atoms with Crippen LogP contribution in [0.15, 0.2) is 0 Å². The zero-order valence-electron chi connectivity index (χ0n) is 12.6. The lowest BCUT2D eigenvalue weighted by atomic mass is 10.0. The van der Waals surface area contributed by atoms with E-state index in [1.807, 2.05) is 0 Å². The number of ether oxygens (including phenoxy) is 5. The number of hydrogen-bond acceptors (Lipinski definition) is 9. The van der Waals surface area contributed by atoms with Crippen LogP contribution in [0.3, 0.4) is 0 Å². The molecule has 22 heavy (non-hydrogen) atoms. The molecule has 0 bridgehead atoms. The molecule has 126 valence electrons. The summed E-state index contributed by atoms with van der Waals surface area (Å²) < 4.78 is 25.8. The van der Waals surface area contributed by atoms with E-state index >= 15 is 0 Å². The Morgan fingerprint density at radius 2 is 1.55 bits per heavy atom. The van der Waals surface area contributed by atoms with Crippen LogP contribution in [-0.4, -0.2) is 67.4 Å². The second-order valence-electron chi connectivity index (χ2n) is 4.59. The largest absolute Gasteiger partial charge is 0.456 e. The zero-order valence-corrected chi connectivity index (χ0v) is 12.6. The normalized spacial score (nSPS) is 27.8. The number of esters is 3. The summed E-state index contributed by atoms with van der Waals surface area (Å²) in [5.74, 6) is -1.88. The summed E-state index contributed by atoms with van der Waals surface area (Å²) in [5.41, 5.74) is 0. The lowest BCUT2D eigenvalue weighted by molar-refractivity contribution is -0.281. The maximum atomic E-state index is 11.3. The number of aliphatic hydroxyl groups is 1. The van der Waals surface area contributed by atoms with Crippen LogP contribution in [0.25, 0.3) is 0 Å². The minimum atomic E-state index is -1.12. The first-order chi connectivity index (χ1) is 10.3. The predicted octanol–water partition coefficient (Wildman–Crippen LogP) is -0.853. The molecule has 1 fully saturated rings. The fourth-order valence-electron chi connectivity index (χ4n) is 2.02. The summed E-state index contributed by atoms with van der Waals surface area (Å²) >= 11 is 0. The van der Waals surface area contributed by atoms with Gasteiger partial charge in [0, 0.05) is 20.8 Å². The fourth-order valence-corrected chi connectivity index (χ4v) is 2.02. The Labute approximate surface area is 127 Å². The number of rotatable bonds is 6. The molecular weight excluding hydrogens is 300 g/mol. The highest BCUT2D eigenvalue weighted by atomic mass is 16.7. The minimum absolute atomic E-state index is 0.0620. The monoisotopic (exact) mass is 320 g/mol. The first-order valence-corrected chi connectivity index (χ1v) is 6.71. The first-order valence-electron chi connectivity index (χ1n) is 6.71. The molecule has 1 heterocycles. The van der Waals surface area contributed by atoms with Crippen LogP contribution < -0.4 is 0 Å². The van der Waals surface area contributed by atoms with Crippen LogP contribution >= 0.6 is 0 Å². The van der Waals surface area contributed by atoms with Gasteiger partial charge in [-0.25, -0.2) is 0 Å². The van der Waals surface area contributed by atoms with Gasteiger partial charge in [0.2, 0.25) is 0 Å². The standard InChI is InChI=1S/C13H20O9/c1-7(15)20-10-6-19-13(18-5-4-14)12(22-9(3)17)11(10)21-8(2)16/h10-14H,4-6H2,1-3H3/t10-,11-,12+,13+/m1/s1. The molecule has 1 saturated heterocycles. The van der Waals surface area contributed by atoms with Crippen molar-refractivity contribution in [3.05, 3.63) is 0 Å². The molecule has 0 radical (unpaired) electrons. The van der Waals surface area contributed by atoms with Crippen molar-refractivity contribution in [1.29, 1.82) is 0 Å². The van der Waals surface area contributed by atoms with Crippen LogP contribution in [0.4, 0.5) is 0 Å². The highest BCUT2D eigenvalue weighted by Crippen LogP contribution is 2.25. The molecule has 0 amide bonds. The Morgan fingerprint density at radius 1 is 1.00 bits per heavy atom. The van der Waals surface area contributed by atoms with E-state index in [9.17, 15) is 14.4 Å². The van der Waals surface area contributed by atoms with Crippen molar-refractivity contribution in [3.8, 4) is 0 Å². The molecule has 0 aromatic heterocycles. The average Bonchev–Trinajstić information content (AvgIpc) is 2.40. The third-order valence-electron chi connectivity index (χ3n) is 2.68. The molecule has 1 aliphatic rings. The Hall–Kier alpha value is -1.71. The van der Waals surface area contributed by atoms with E-state index in [1.54, 1.807) is 0 Å². The van der Waals surface area contributed by atoms with E-state index in [2.05, 4.69) is 0 Å². The van der Waals surface area contributed by atoms with Crippen LogP contribution in [0.2, 0.25) is 0 Å².